The molecule has 0 spiro atoms. The Kier molecular flexibility index (Phi) is 11.3. The predicted octanol–water partition coefficient (Wildman–Crippen LogP) is 2.08. The van der Waals surface area contributed by atoms with Gasteiger partial charge in [-0.3, -0.25) is 9.69 Å². The van der Waals surface area contributed by atoms with Crippen molar-refractivity contribution in [1.82, 2.24) is 15.5 Å². The Morgan fingerprint density at radius 1 is 1.32 bits per heavy atom. The number of carbonyl (C=O) groups excluding carboxylic acids is 1. The van der Waals surface area contributed by atoms with Crippen molar-refractivity contribution in [2.24, 2.45) is 5.92 Å². The molecule has 0 bridgehead atoms. The number of amides is 1. The summed E-state index contributed by atoms with van der Waals surface area (Å²) < 4.78 is 0. The van der Waals surface area contributed by atoms with Crippen LogP contribution in [0.5, 0.6) is 0 Å². The molecular formula is C16H27Cl2N3O. The van der Waals surface area contributed by atoms with Gasteiger partial charge < -0.3 is 10.6 Å². The van der Waals surface area contributed by atoms with E-state index in [0.717, 1.165) is 26.2 Å². The van der Waals surface area contributed by atoms with Crippen LogP contribution in [-0.4, -0.2) is 44.0 Å². The number of carbonyl (C=O) groups is 1. The van der Waals surface area contributed by atoms with E-state index >= 15 is 0 Å². The van der Waals surface area contributed by atoms with Gasteiger partial charge in [0.2, 0.25) is 5.91 Å². The van der Waals surface area contributed by atoms with Crippen LogP contribution >= 0.6 is 24.8 Å². The van der Waals surface area contributed by atoms with E-state index in [0.29, 0.717) is 12.5 Å². The van der Waals surface area contributed by atoms with Crippen LogP contribution in [0.3, 0.4) is 0 Å². The van der Waals surface area contributed by atoms with Crippen molar-refractivity contribution >= 4 is 30.7 Å². The zero-order valence-electron chi connectivity index (χ0n) is 13.1. The Morgan fingerprint density at radius 3 is 2.68 bits per heavy atom. The van der Waals surface area contributed by atoms with Crippen LogP contribution in [0, 0.1) is 5.92 Å². The first kappa shape index (κ1) is 21.2. The Labute approximate surface area is 145 Å². The lowest BCUT2D eigenvalue weighted by molar-refractivity contribution is -0.122. The SMILES string of the molecule is CN(CC(=O)NCC1CCCNC1)Cc1ccccc1.Cl.Cl. The Bertz CT molecular complexity index is 411. The quantitative estimate of drug-likeness (QED) is 0.827. The summed E-state index contributed by atoms with van der Waals surface area (Å²) in [5.74, 6) is 0.709. The second-order valence-corrected chi connectivity index (χ2v) is 5.67. The van der Waals surface area contributed by atoms with Crippen molar-refractivity contribution in [3.05, 3.63) is 35.9 Å². The Balaban J connectivity index is 0.00000220. The molecule has 1 heterocycles. The maximum atomic E-state index is 11.9. The molecule has 1 aliphatic rings. The van der Waals surface area contributed by atoms with Crippen LogP contribution in [-0.2, 0) is 11.3 Å². The van der Waals surface area contributed by atoms with Gasteiger partial charge in [-0.15, -0.1) is 24.8 Å². The van der Waals surface area contributed by atoms with Gasteiger partial charge in [-0.05, 0) is 44.5 Å². The van der Waals surface area contributed by atoms with Crippen LogP contribution in [0.15, 0.2) is 30.3 Å². The van der Waals surface area contributed by atoms with Gasteiger partial charge >= 0.3 is 0 Å². The third-order valence-electron chi connectivity index (χ3n) is 3.70. The molecule has 2 rings (SSSR count). The monoisotopic (exact) mass is 347 g/mol. The molecule has 2 N–H and O–H groups in total. The highest BCUT2D eigenvalue weighted by atomic mass is 35.5. The third-order valence-corrected chi connectivity index (χ3v) is 3.70. The van der Waals surface area contributed by atoms with Crippen LogP contribution < -0.4 is 10.6 Å². The molecule has 1 saturated heterocycles. The molecule has 0 aromatic heterocycles. The highest BCUT2D eigenvalue weighted by molar-refractivity contribution is 5.85. The average Bonchev–Trinajstić information content (AvgIpc) is 2.47. The summed E-state index contributed by atoms with van der Waals surface area (Å²) in [4.78, 5) is 14.0. The lowest BCUT2D eigenvalue weighted by Gasteiger charge is -2.23. The van der Waals surface area contributed by atoms with E-state index in [-0.39, 0.29) is 30.7 Å². The van der Waals surface area contributed by atoms with Gasteiger partial charge in [-0.25, -0.2) is 0 Å². The van der Waals surface area contributed by atoms with E-state index in [1.54, 1.807) is 0 Å². The van der Waals surface area contributed by atoms with E-state index in [9.17, 15) is 4.79 Å². The molecule has 0 radical (unpaired) electrons. The van der Waals surface area contributed by atoms with Gasteiger partial charge in [-0.1, -0.05) is 30.3 Å². The summed E-state index contributed by atoms with van der Waals surface area (Å²) >= 11 is 0. The third kappa shape index (κ3) is 7.99. The fraction of sp³-hybridized carbons (Fsp3) is 0.562. The molecule has 0 aliphatic carbocycles. The van der Waals surface area contributed by atoms with Gasteiger partial charge in [-0.2, -0.15) is 0 Å². The minimum absolute atomic E-state index is 0. The summed E-state index contributed by atoms with van der Waals surface area (Å²) in [7, 11) is 1.98. The molecule has 22 heavy (non-hydrogen) atoms. The smallest absolute Gasteiger partial charge is 0.234 e. The second-order valence-electron chi connectivity index (χ2n) is 5.67. The summed E-state index contributed by atoms with van der Waals surface area (Å²) in [6, 6.07) is 10.2. The van der Waals surface area contributed by atoms with Crippen molar-refractivity contribution in [2.45, 2.75) is 19.4 Å². The molecule has 1 unspecified atom stereocenters. The van der Waals surface area contributed by atoms with Gasteiger partial charge in [0.05, 0.1) is 6.54 Å². The van der Waals surface area contributed by atoms with E-state index in [1.165, 1.54) is 18.4 Å². The minimum Gasteiger partial charge on any atom is -0.355 e. The molecule has 126 valence electrons. The highest BCUT2D eigenvalue weighted by Gasteiger charge is 2.14. The number of piperidine rings is 1. The summed E-state index contributed by atoms with van der Waals surface area (Å²) in [5.41, 5.74) is 1.24. The van der Waals surface area contributed by atoms with E-state index in [1.807, 2.05) is 30.1 Å². The van der Waals surface area contributed by atoms with E-state index < -0.39 is 0 Å². The van der Waals surface area contributed by atoms with Crippen LogP contribution in [0.4, 0.5) is 0 Å². The molecule has 0 saturated carbocycles. The van der Waals surface area contributed by atoms with Gasteiger partial charge in [0.25, 0.3) is 0 Å². The fourth-order valence-corrected chi connectivity index (χ4v) is 2.61. The van der Waals surface area contributed by atoms with Crippen molar-refractivity contribution in [3.63, 3.8) is 0 Å². The van der Waals surface area contributed by atoms with Crippen molar-refractivity contribution in [3.8, 4) is 0 Å². The fourth-order valence-electron chi connectivity index (χ4n) is 2.61. The lowest BCUT2D eigenvalue weighted by Crippen LogP contribution is -2.41. The predicted molar refractivity (Wildman–Crippen MR) is 95.9 cm³/mol. The Morgan fingerprint density at radius 2 is 2.05 bits per heavy atom. The molecule has 1 fully saturated rings. The number of likely N-dealkylation sites (N-methyl/N-ethyl adjacent to an activating group) is 1. The number of nitrogens with zero attached hydrogens (tertiary/aromatic N) is 1. The summed E-state index contributed by atoms with van der Waals surface area (Å²) in [5, 5.41) is 6.42. The van der Waals surface area contributed by atoms with Gasteiger partial charge in [0.15, 0.2) is 0 Å². The minimum atomic E-state index is 0. The number of rotatable bonds is 6. The summed E-state index contributed by atoms with van der Waals surface area (Å²) in [6.45, 7) is 4.20. The first-order chi connectivity index (χ1) is 9.74. The number of halogens is 2. The van der Waals surface area contributed by atoms with Crippen LogP contribution in [0.25, 0.3) is 0 Å². The normalized spacial score (nSPS) is 17.3. The number of hydrogen-bond donors (Lipinski definition) is 2. The molecule has 1 atom stereocenters. The maximum Gasteiger partial charge on any atom is 0.234 e. The first-order valence-electron chi connectivity index (χ1n) is 7.44. The lowest BCUT2D eigenvalue weighted by atomic mass is 10.00. The molecular weight excluding hydrogens is 321 g/mol. The van der Waals surface area contributed by atoms with Crippen LogP contribution in [0.1, 0.15) is 18.4 Å². The number of nitrogens with one attached hydrogen (secondary N) is 2. The molecule has 4 nitrogen and oxygen atoms in total. The summed E-state index contributed by atoms with van der Waals surface area (Å²) in [6.07, 6.45) is 2.43. The number of benzene rings is 1. The first-order valence-corrected chi connectivity index (χ1v) is 7.44. The zero-order chi connectivity index (χ0) is 14.2. The molecule has 1 amide bonds. The van der Waals surface area contributed by atoms with Crippen molar-refractivity contribution in [1.29, 1.82) is 0 Å². The maximum absolute atomic E-state index is 11.9. The second kappa shape index (κ2) is 11.7. The van der Waals surface area contributed by atoms with Gasteiger partial charge in [0.1, 0.15) is 0 Å². The largest absolute Gasteiger partial charge is 0.355 e. The molecule has 1 aliphatic heterocycles. The van der Waals surface area contributed by atoms with Gasteiger partial charge in [0, 0.05) is 13.1 Å². The molecule has 1 aromatic rings. The van der Waals surface area contributed by atoms with E-state index in [4.69, 9.17) is 0 Å². The van der Waals surface area contributed by atoms with Crippen molar-refractivity contribution < 1.29 is 4.79 Å². The Hall–Kier alpha value is -0.810. The van der Waals surface area contributed by atoms with Crippen molar-refractivity contribution in [2.75, 3.05) is 33.2 Å². The topological polar surface area (TPSA) is 44.4 Å². The number of hydrogen-bond acceptors (Lipinski definition) is 3. The van der Waals surface area contributed by atoms with Crippen LogP contribution in [0.2, 0.25) is 0 Å². The molecule has 1 aromatic carbocycles. The molecule has 6 heteroatoms. The zero-order valence-corrected chi connectivity index (χ0v) is 14.7. The van der Waals surface area contributed by atoms with E-state index in [2.05, 4.69) is 22.8 Å². The highest BCUT2D eigenvalue weighted by Crippen LogP contribution is 2.08. The average molecular weight is 348 g/mol. The standard InChI is InChI=1S/C16H25N3O.2ClH/c1-19(12-14-6-3-2-4-7-14)13-16(20)18-11-15-8-5-9-17-10-15;;/h2-4,6-7,15,17H,5,8-13H2,1H3,(H,18,20);2*1H.